The molecule has 2 aromatic rings. The van der Waals surface area contributed by atoms with Gasteiger partial charge in [-0.1, -0.05) is 23.2 Å². The van der Waals surface area contributed by atoms with E-state index in [0.29, 0.717) is 16.4 Å². The minimum Gasteiger partial charge on any atom is -0.241 e. The molecule has 18 heavy (non-hydrogen) atoms. The summed E-state index contributed by atoms with van der Waals surface area (Å²) < 4.78 is 25.9. The minimum absolute atomic E-state index is 0.0205. The van der Waals surface area contributed by atoms with Crippen molar-refractivity contribution in [1.29, 1.82) is 0 Å². The molecule has 1 heterocycles. The highest BCUT2D eigenvalue weighted by atomic mass is 35.5. The summed E-state index contributed by atoms with van der Waals surface area (Å²) in [6, 6.07) is 2.91. The number of nitrogens with zero attached hydrogens (tertiary/aromatic N) is 2. The zero-order chi connectivity index (χ0) is 13.5. The molecule has 0 saturated carbocycles. The molecule has 7 heteroatoms. The Labute approximate surface area is 115 Å². The molecule has 0 fully saturated rings. The molecule has 0 saturated heterocycles. The van der Waals surface area contributed by atoms with E-state index in [2.05, 4.69) is 4.98 Å². The number of benzene rings is 1. The first-order chi connectivity index (χ1) is 8.35. The molecule has 1 aromatic carbocycles. The summed E-state index contributed by atoms with van der Waals surface area (Å²) in [5, 5.41) is 0.567. The van der Waals surface area contributed by atoms with Gasteiger partial charge in [0.15, 0.2) is 0 Å². The summed E-state index contributed by atoms with van der Waals surface area (Å²) in [4.78, 5) is 3.91. The third-order valence-corrected chi connectivity index (χ3v) is 5.41. The number of hydrogen-bond donors (Lipinski definition) is 0. The van der Waals surface area contributed by atoms with Crippen molar-refractivity contribution in [1.82, 2.24) is 8.96 Å². The van der Waals surface area contributed by atoms with Crippen LogP contribution in [-0.4, -0.2) is 17.4 Å². The third kappa shape index (κ3) is 2.02. The summed E-state index contributed by atoms with van der Waals surface area (Å²) in [5.41, 5.74) is 0.539. The minimum atomic E-state index is -3.73. The molecule has 0 aliphatic heterocycles. The van der Waals surface area contributed by atoms with Gasteiger partial charge in [-0.2, -0.15) is 0 Å². The van der Waals surface area contributed by atoms with Gasteiger partial charge in [-0.05, 0) is 31.5 Å². The fourth-order valence-electron chi connectivity index (χ4n) is 1.56. The number of aryl methyl sites for hydroxylation is 1. The monoisotopic (exact) mass is 304 g/mol. The van der Waals surface area contributed by atoms with Crippen molar-refractivity contribution in [3.05, 3.63) is 46.0 Å². The van der Waals surface area contributed by atoms with Crippen molar-refractivity contribution in [3.8, 4) is 0 Å². The van der Waals surface area contributed by atoms with Gasteiger partial charge in [0.05, 0.1) is 5.02 Å². The molecule has 96 valence electrons. The van der Waals surface area contributed by atoms with Gasteiger partial charge in [0.2, 0.25) is 0 Å². The smallest absolute Gasteiger partial charge is 0.241 e. The molecular formula is C11H10Cl2N2O2S. The lowest BCUT2D eigenvalue weighted by Crippen LogP contribution is -2.14. The van der Waals surface area contributed by atoms with Crippen LogP contribution in [0.5, 0.6) is 0 Å². The zero-order valence-electron chi connectivity index (χ0n) is 9.68. The molecule has 0 radical (unpaired) electrons. The predicted molar refractivity (Wildman–Crippen MR) is 70.7 cm³/mol. The van der Waals surface area contributed by atoms with Crippen molar-refractivity contribution < 1.29 is 8.42 Å². The van der Waals surface area contributed by atoms with Crippen molar-refractivity contribution in [3.63, 3.8) is 0 Å². The van der Waals surface area contributed by atoms with Gasteiger partial charge in [-0.25, -0.2) is 17.4 Å². The lowest BCUT2D eigenvalue weighted by Gasteiger charge is -2.11. The van der Waals surface area contributed by atoms with Crippen LogP contribution in [0.2, 0.25) is 10.0 Å². The zero-order valence-corrected chi connectivity index (χ0v) is 12.0. The highest BCUT2D eigenvalue weighted by molar-refractivity contribution is 7.90. The lowest BCUT2D eigenvalue weighted by atomic mass is 10.2. The van der Waals surface area contributed by atoms with Crippen molar-refractivity contribution >= 4 is 33.2 Å². The highest BCUT2D eigenvalue weighted by Crippen LogP contribution is 2.31. The number of rotatable bonds is 2. The summed E-state index contributed by atoms with van der Waals surface area (Å²) in [5.74, 6) is 0.374. The van der Waals surface area contributed by atoms with Gasteiger partial charge in [-0.3, -0.25) is 0 Å². The van der Waals surface area contributed by atoms with Crippen molar-refractivity contribution in [2.45, 2.75) is 18.7 Å². The van der Waals surface area contributed by atoms with Crippen LogP contribution in [0.15, 0.2) is 29.4 Å². The maximum atomic E-state index is 12.4. The van der Waals surface area contributed by atoms with E-state index in [1.165, 1.54) is 24.5 Å². The second kappa shape index (κ2) is 4.57. The number of hydrogen-bond acceptors (Lipinski definition) is 3. The Morgan fingerprint density at radius 1 is 1.22 bits per heavy atom. The first-order valence-corrected chi connectivity index (χ1v) is 7.25. The van der Waals surface area contributed by atoms with E-state index in [9.17, 15) is 8.42 Å². The largest absolute Gasteiger partial charge is 0.270 e. The van der Waals surface area contributed by atoms with E-state index in [1.807, 2.05) is 0 Å². The molecule has 0 aliphatic rings. The Morgan fingerprint density at radius 2 is 1.89 bits per heavy atom. The fourth-order valence-corrected chi connectivity index (χ4v) is 3.67. The van der Waals surface area contributed by atoms with E-state index < -0.39 is 10.0 Å². The van der Waals surface area contributed by atoms with Crippen LogP contribution in [0, 0.1) is 13.8 Å². The molecule has 0 atom stereocenters. The van der Waals surface area contributed by atoms with E-state index in [4.69, 9.17) is 23.2 Å². The van der Waals surface area contributed by atoms with E-state index in [0.717, 1.165) is 3.97 Å². The van der Waals surface area contributed by atoms with Gasteiger partial charge in [0.1, 0.15) is 10.7 Å². The molecule has 1 aromatic heterocycles. The number of halogens is 2. The highest BCUT2D eigenvalue weighted by Gasteiger charge is 2.23. The van der Waals surface area contributed by atoms with E-state index in [-0.39, 0.29) is 9.92 Å². The maximum Gasteiger partial charge on any atom is 0.270 e. The summed E-state index contributed by atoms with van der Waals surface area (Å²) in [7, 11) is -3.73. The summed E-state index contributed by atoms with van der Waals surface area (Å²) in [6.45, 7) is 3.28. The fraction of sp³-hybridized carbons (Fsp3) is 0.182. The van der Waals surface area contributed by atoms with Gasteiger partial charge >= 0.3 is 0 Å². The quantitative estimate of drug-likeness (QED) is 0.857. The molecule has 0 aliphatic carbocycles. The summed E-state index contributed by atoms with van der Waals surface area (Å²) >= 11 is 11.9. The Balaban J connectivity index is 2.70. The Morgan fingerprint density at radius 3 is 2.44 bits per heavy atom. The topological polar surface area (TPSA) is 52.0 Å². The molecule has 2 rings (SSSR count). The van der Waals surface area contributed by atoms with Crippen LogP contribution in [0.4, 0.5) is 0 Å². The first-order valence-electron chi connectivity index (χ1n) is 5.06. The van der Waals surface area contributed by atoms with Crippen LogP contribution < -0.4 is 0 Å². The van der Waals surface area contributed by atoms with Crippen LogP contribution in [-0.2, 0) is 10.0 Å². The van der Waals surface area contributed by atoms with Gasteiger partial charge in [0.25, 0.3) is 10.0 Å². The Hall–Kier alpha value is -1.04. The van der Waals surface area contributed by atoms with Crippen LogP contribution >= 0.6 is 23.2 Å². The third-order valence-electron chi connectivity index (χ3n) is 2.60. The van der Waals surface area contributed by atoms with Crippen molar-refractivity contribution in [2.24, 2.45) is 0 Å². The second-order valence-electron chi connectivity index (χ2n) is 3.76. The molecule has 0 spiro atoms. The average Bonchev–Trinajstić information content (AvgIpc) is 2.73. The van der Waals surface area contributed by atoms with Crippen LogP contribution in [0.3, 0.4) is 0 Å². The second-order valence-corrected chi connectivity index (χ2v) is 6.33. The predicted octanol–water partition coefficient (Wildman–Crippen LogP) is 3.04. The SMILES string of the molecule is Cc1c(Cl)ccc(S(=O)(=O)n2ccnc2C)c1Cl. The Bertz CT molecular complexity index is 708. The molecule has 4 nitrogen and oxygen atoms in total. The molecule has 0 N–H and O–H groups in total. The summed E-state index contributed by atoms with van der Waals surface area (Å²) in [6.07, 6.45) is 2.80. The van der Waals surface area contributed by atoms with Gasteiger partial charge in [0, 0.05) is 17.4 Å². The Kier molecular flexibility index (Phi) is 3.40. The normalized spacial score (nSPS) is 11.8. The van der Waals surface area contributed by atoms with Crippen molar-refractivity contribution in [2.75, 3.05) is 0 Å². The van der Waals surface area contributed by atoms with Crippen LogP contribution in [0.25, 0.3) is 0 Å². The number of imidazole rings is 1. The van der Waals surface area contributed by atoms with Gasteiger partial charge in [-0.15, -0.1) is 0 Å². The van der Waals surface area contributed by atoms with Crippen LogP contribution in [0.1, 0.15) is 11.4 Å². The molecule has 0 unspecified atom stereocenters. The molecule has 0 amide bonds. The molecule has 0 bridgehead atoms. The first kappa shape index (κ1) is 13.4. The lowest BCUT2D eigenvalue weighted by molar-refractivity contribution is 0.586. The van der Waals surface area contributed by atoms with E-state index in [1.54, 1.807) is 13.8 Å². The van der Waals surface area contributed by atoms with Gasteiger partial charge < -0.3 is 0 Å². The average molecular weight is 305 g/mol. The maximum absolute atomic E-state index is 12.4. The number of aromatic nitrogens is 2. The van der Waals surface area contributed by atoms with E-state index >= 15 is 0 Å². The molecular weight excluding hydrogens is 295 g/mol. The standard InChI is InChI=1S/C11H10Cl2N2O2S/c1-7-9(12)3-4-10(11(7)13)18(16,17)15-6-5-14-8(15)2/h3-6H,1-2H3.